The van der Waals surface area contributed by atoms with Gasteiger partial charge in [-0.25, -0.2) is 0 Å². The molecule has 0 amide bonds. The molecule has 0 bridgehead atoms. The van der Waals surface area contributed by atoms with Crippen molar-refractivity contribution in [2.24, 2.45) is 0 Å². The molecule has 0 rings (SSSR count). The zero-order chi connectivity index (χ0) is 9.07. The largest absolute Gasteiger partial charge is 0.432 e. The van der Waals surface area contributed by atoms with Crippen LogP contribution < -0.4 is 0 Å². The van der Waals surface area contributed by atoms with Crippen LogP contribution in [0.5, 0.6) is 0 Å². The Kier molecular flexibility index (Phi) is 3.70. The summed E-state index contributed by atoms with van der Waals surface area (Å²) in [4.78, 5) is 0. The summed E-state index contributed by atoms with van der Waals surface area (Å²) in [6.07, 6.45) is -3.27. The van der Waals surface area contributed by atoms with E-state index < -0.39 is 11.9 Å². The Morgan fingerprint density at radius 3 is 2.09 bits per heavy atom. The van der Waals surface area contributed by atoms with Crippen LogP contribution >= 0.6 is 22.6 Å². The maximum Gasteiger partial charge on any atom is 0.432 e. The van der Waals surface area contributed by atoms with Crippen molar-refractivity contribution in [2.75, 3.05) is 0 Å². The van der Waals surface area contributed by atoms with E-state index in [1.54, 1.807) is 0 Å². The van der Waals surface area contributed by atoms with E-state index in [2.05, 4.69) is 0 Å². The molecule has 0 atom stereocenters. The number of nitrogens with one attached hydrogen (secondary N) is 2. The smallest absolute Gasteiger partial charge is 0.308 e. The first-order valence-corrected chi connectivity index (χ1v) is 3.49. The van der Waals surface area contributed by atoms with Crippen molar-refractivity contribution < 1.29 is 13.2 Å². The van der Waals surface area contributed by atoms with Gasteiger partial charge in [-0.1, -0.05) is 0 Å². The van der Waals surface area contributed by atoms with Crippen LogP contribution in [0.15, 0.2) is 9.66 Å². The summed E-state index contributed by atoms with van der Waals surface area (Å²) in [5, 5.41) is 13.0. The van der Waals surface area contributed by atoms with Gasteiger partial charge in [0.2, 0.25) is 0 Å². The third kappa shape index (κ3) is 4.12. The maximum atomic E-state index is 11.6. The fourth-order valence-corrected chi connectivity index (χ4v) is 0.573. The van der Waals surface area contributed by atoms with E-state index in [1.807, 2.05) is 0 Å². The van der Waals surface area contributed by atoms with Crippen molar-refractivity contribution in [2.45, 2.75) is 6.18 Å². The first-order valence-electron chi connectivity index (χ1n) is 2.41. The van der Waals surface area contributed by atoms with Gasteiger partial charge in [0, 0.05) is 9.79 Å². The summed E-state index contributed by atoms with van der Waals surface area (Å²) in [6, 6.07) is 0. The Morgan fingerprint density at radius 2 is 1.82 bits per heavy atom. The quantitative estimate of drug-likeness (QED) is 0.575. The van der Waals surface area contributed by atoms with E-state index in [0.717, 1.165) is 6.21 Å². The lowest BCUT2D eigenvalue weighted by molar-refractivity contribution is -0.0584. The molecule has 0 aliphatic rings. The lowest BCUT2D eigenvalue weighted by atomic mass is 10.3. The standard InChI is InChI=1S/C5H4F3IN2/c6-5(7,8)4(11)1-3(9)2-10/h1-2,10-11H/b3-1+,10-2?,11-4?. The second-order valence-electron chi connectivity index (χ2n) is 1.58. The van der Waals surface area contributed by atoms with Gasteiger partial charge in [-0.3, -0.25) is 5.41 Å². The van der Waals surface area contributed by atoms with Crippen LogP contribution in [-0.4, -0.2) is 18.1 Å². The maximum absolute atomic E-state index is 11.6. The predicted molar refractivity (Wildman–Crippen MR) is 44.7 cm³/mol. The average molecular weight is 276 g/mol. The predicted octanol–water partition coefficient (Wildman–Crippen LogP) is 2.54. The van der Waals surface area contributed by atoms with Crippen LogP contribution in [0.1, 0.15) is 0 Å². The molecule has 0 aromatic heterocycles. The number of halogens is 4. The van der Waals surface area contributed by atoms with Gasteiger partial charge in [-0.2, -0.15) is 13.2 Å². The van der Waals surface area contributed by atoms with Crippen LogP contribution in [-0.2, 0) is 0 Å². The molecule has 0 aliphatic carbocycles. The highest BCUT2D eigenvalue weighted by atomic mass is 127. The highest BCUT2D eigenvalue weighted by Crippen LogP contribution is 2.18. The normalized spacial score (nSPS) is 12.9. The SMILES string of the molecule is N=C/C(I)=C\C(=N)C(F)(F)F. The Balaban J connectivity index is 4.42. The molecule has 0 fully saturated rings. The van der Waals surface area contributed by atoms with Gasteiger partial charge in [-0.05, 0) is 28.7 Å². The average Bonchev–Trinajstić information content (AvgIpc) is 1.85. The summed E-state index contributed by atoms with van der Waals surface area (Å²) < 4.78 is 34.9. The molecule has 0 heterocycles. The van der Waals surface area contributed by atoms with E-state index in [9.17, 15) is 13.2 Å². The number of hydrogen-bond acceptors (Lipinski definition) is 2. The van der Waals surface area contributed by atoms with Gasteiger partial charge in [0.05, 0.1) is 0 Å². The van der Waals surface area contributed by atoms with E-state index in [0.29, 0.717) is 6.08 Å². The summed E-state index contributed by atoms with van der Waals surface area (Å²) >= 11 is 1.54. The summed E-state index contributed by atoms with van der Waals surface area (Å²) in [6.45, 7) is 0. The van der Waals surface area contributed by atoms with Crippen molar-refractivity contribution >= 4 is 34.5 Å². The fraction of sp³-hybridized carbons (Fsp3) is 0.200. The highest BCUT2D eigenvalue weighted by molar-refractivity contribution is 14.1. The van der Waals surface area contributed by atoms with Crippen molar-refractivity contribution in [1.82, 2.24) is 0 Å². The Labute approximate surface area is 74.6 Å². The molecule has 0 saturated carbocycles. The summed E-state index contributed by atoms with van der Waals surface area (Å²) in [5.74, 6) is 0. The molecule has 11 heavy (non-hydrogen) atoms. The molecule has 62 valence electrons. The van der Waals surface area contributed by atoms with Crippen molar-refractivity contribution in [1.29, 1.82) is 10.8 Å². The first-order chi connectivity index (χ1) is 4.88. The number of alkyl halides is 3. The molecule has 0 saturated heterocycles. The molecular weight excluding hydrogens is 272 g/mol. The lowest BCUT2D eigenvalue weighted by Crippen LogP contribution is -2.19. The minimum atomic E-state index is -4.61. The van der Waals surface area contributed by atoms with Gasteiger partial charge in [0.15, 0.2) is 0 Å². The van der Waals surface area contributed by atoms with E-state index in [1.165, 1.54) is 22.6 Å². The lowest BCUT2D eigenvalue weighted by Gasteiger charge is -2.02. The van der Waals surface area contributed by atoms with Crippen LogP contribution in [0, 0.1) is 10.8 Å². The Morgan fingerprint density at radius 1 is 1.36 bits per heavy atom. The first kappa shape index (κ1) is 10.6. The second kappa shape index (κ2) is 3.84. The molecule has 0 aliphatic heterocycles. The molecule has 2 nitrogen and oxygen atoms in total. The van der Waals surface area contributed by atoms with Crippen molar-refractivity contribution in [3.8, 4) is 0 Å². The van der Waals surface area contributed by atoms with Crippen LogP contribution in [0.3, 0.4) is 0 Å². The number of allylic oxidation sites excluding steroid dienone is 2. The molecule has 0 spiro atoms. The van der Waals surface area contributed by atoms with Crippen LogP contribution in [0.25, 0.3) is 0 Å². The fourth-order valence-electron chi connectivity index (χ4n) is 0.261. The Bertz CT molecular complexity index is 206. The second-order valence-corrected chi connectivity index (χ2v) is 2.83. The van der Waals surface area contributed by atoms with Crippen molar-refractivity contribution in [3.05, 3.63) is 9.66 Å². The van der Waals surface area contributed by atoms with Gasteiger partial charge < -0.3 is 5.41 Å². The third-order valence-corrected chi connectivity index (χ3v) is 1.35. The monoisotopic (exact) mass is 276 g/mol. The highest BCUT2D eigenvalue weighted by Gasteiger charge is 2.32. The van der Waals surface area contributed by atoms with E-state index in [-0.39, 0.29) is 3.58 Å². The molecule has 6 heteroatoms. The molecule has 0 aromatic rings. The van der Waals surface area contributed by atoms with Gasteiger partial charge in [-0.15, -0.1) is 0 Å². The zero-order valence-electron chi connectivity index (χ0n) is 5.17. The van der Waals surface area contributed by atoms with E-state index >= 15 is 0 Å². The van der Waals surface area contributed by atoms with Crippen LogP contribution in [0.4, 0.5) is 13.2 Å². The molecule has 2 N–H and O–H groups in total. The molecular formula is C5H4F3IN2. The van der Waals surface area contributed by atoms with Crippen LogP contribution in [0.2, 0.25) is 0 Å². The third-order valence-electron chi connectivity index (χ3n) is 0.726. The van der Waals surface area contributed by atoms with Gasteiger partial charge >= 0.3 is 6.18 Å². The summed E-state index contributed by atoms with van der Waals surface area (Å²) in [7, 11) is 0. The Hall–Kier alpha value is -0.400. The minimum Gasteiger partial charge on any atom is -0.308 e. The molecule has 0 radical (unpaired) electrons. The molecule has 0 unspecified atom stereocenters. The van der Waals surface area contributed by atoms with Gasteiger partial charge in [0.25, 0.3) is 0 Å². The number of hydrogen-bond donors (Lipinski definition) is 2. The zero-order valence-corrected chi connectivity index (χ0v) is 7.32. The molecule has 0 aromatic carbocycles. The van der Waals surface area contributed by atoms with Gasteiger partial charge in [0.1, 0.15) is 5.71 Å². The minimum absolute atomic E-state index is 0.0740. The van der Waals surface area contributed by atoms with E-state index in [4.69, 9.17) is 10.8 Å². The topological polar surface area (TPSA) is 47.7 Å². The van der Waals surface area contributed by atoms with Crippen molar-refractivity contribution in [3.63, 3.8) is 0 Å². The number of rotatable bonds is 2. The summed E-state index contributed by atoms with van der Waals surface area (Å²) in [5.41, 5.74) is -1.44.